The van der Waals surface area contributed by atoms with E-state index in [9.17, 15) is 0 Å². The highest BCUT2D eigenvalue weighted by Crippen LogP contribution is 2.28. The Balaban J connectivity index is 2.24. The van der Waals surface area contributed by atoms with Crippen molar-refractivity contribution in [2.24, 2.45) is 11.3 Å². The molecule has 1 aliphatic rings. The van der Waals surface area contributed by atoms with Crippen LogP contribution in [0.25, 0.3) is 0 Å². The molecule has 0 spiro atoms. The Kier molecular flexibility index (Phi) is 3.74. The molecule has 0 aromatic heterocycles. The predicted molar refractivity (Wildman–Crippen MR) is 55.8 cm³/mol. The molecule has 2 heteroatoms. The van der Waals surface area contributed by atoms with Gasteiger partial charge in [0.15, 0.2) is 0 Å². The van der Waals surface area contributed by atoms with Gasteiger partial charge in [-0.1, -0.05) is 20.8 Å². The van der Waals surface area contributed by atoms with Crippen LogP contribution in [0.4, 0.5) is 0 Å². The minimum atomic E-state index is 0.346. The van der Waals surface area contributed by atoms with Crippen molar-refractivity contribution in [1.82, 2.24) is 5.32 Å². The maximum Gasteiger partial charge on any atom is 0.0493 e. The van der Waals surface area contributed by atoms with Crippen molar-refractivity contribution in [2.75, 3.05) is 20.3 Å². The van der Waals surface area contributed by atoms with Gasteiger partial charge in [0.2, 0.25) is 0 Å². The van der Waals surface area contributed by atoms with Gasteiger partial charge < -0.3 is 10.1 Å². The van der Waals surface area contributed by atoms with Gasteiger partial charge in [0, 0.05) is 26.3 Å². The summed E-state index contributed by atoms with van der Waals surface area (Å²) >= 11 is 0. The summed E-state index contributed by atoms with van der Waals surface area (Å²) in [6, 6.07) is 0.814. The molecule has 2 nitrogen and oxygen atoms in total. The van der Waals surface area contributed by atoms with Gasteiger partial charge in [0.05, 0.1) is 0 Å². The van der Waals surface area contributed by atoms with Crippen molar-refractivity contribution in [3.05, 3.63) is 0 Å². The first-order valence-corrected chi connectivity index (χ1v) is 5.28. The van der Waals surface area contributed by atoms with Crippen LogP contribution in [-0.2, 0) is 4.74 Å². The van der Waals surface area contributed by atoms with Crippen molar-refractivity contribution in [3.8, 4) is 0 Å². The molecule has 1 rings (SSSR count). The minimum Gasteiger partial charge on any atom is -0.384 e. The average Bonchev–Trinajstić information content (AvgIpc) is 2.84. The Bertz CT molecular complexity index is 152. The molecule has 0 aliphatic heterocycles. The Morgan fingerprint density at radius 1 is 1.46 bits per heavy atom. The zero-order valence-corrected chi connectivity index (χ0v) is 9.39. The first-order valence-electron chi connectivity index (χ1n) is 5.28. The van der Waals surface area contributed by atoms with Gasteiger partial charge in [-0.15, -0.1) is 0 Å². The molecule has 0 radical (unpaired) electrons. The topological polar surface area (TPSA) is 21.3 Å². The molecule has 0 aromatic carbocycles. The summed E-state index contributed by atoms with van der Waals surface area (Å²) in [6.45, 7) is 8.86. The molecular formula is C11H23NO. The SMILES string of the molecule is COCC(C)C(C)(C)CNC1CC1. The van der Waals surface area contributed by atoms with E-state index >= 15 is 0 Å². The predicted octanol–water partition coefficient (Wildman–Crippen LogP) is 2.05. The normalized spacial score (nSPS) is 20.3. The number of hydrogen-bond donors (Lipinski definition) is 1. The van der Waals surface area contributed by atoms with Crippen molar-refractivity contribution in [1.29, 1.82) is 0 Å². The van der Waals surface area contributed by atoms with Crippen molar-refractivity contribution < 1.29 is 4.74 Å². The lowest BCUT2D eigenvalue weighted by Crippen LogP contribution is -2.37. The van der Waals surface area contributed by atoms with Gasteiger partial charge in [-0.3, -0.25) is 0 Å². The van der Waals surface area contributed by atoms with E-state index in [4.69, 9.17) is 4.74 Å². The molecule has 0 aromatic rings. The maximum absolute atomic E-state index is 5.18. The van der Waals surface area contributed by atoms with Crippen LogP contribution in [0.2, 0.25) is 0 Å². The first-order chi connectivity index (χ1) is 6.06. The number of nitrogens with one attached hydrogen (secondary N) is 1. The summed E-state index contributed by atoms with van der Waals surface area (Å²) in [7, 11) is 1.78. The van der Waals surface area contributed by atoms with E-state index < -0.39 is 0 Å². The van der Waals surface area contributed by atoms with Gasteiger partial charge in [0.1, 0.15) is 0 Å². The van der Waals surface area contributed by atoms with E-state index in [0.717, 1.165) is 19.2 Å². The van der Waals surface area contributed by atoms with Crippen LogP contribution < -0.4 is 5.32 Å². The third-order valence-corrected chi connectivity index (χ3v) is 3.17. The van der Waals surface area contributed by atoms with Crippen molar-refractivity contribution >= 4 is 0 Å². The van der Waals surface area contributed by atoms with Gasteiger partial charge in [-0.2, -0.15) is 0 Å². The molecule has 1 unspecified atom stereocenters. The molecule has 78 valence electrons. The molecule has 0 heterocycles. The quantitative estimate of drug-likeness (QED) is 0.684. The van der Waals surface area contributed by atoms with Crippen molar-refractivity contribution in [2.45, 2.75) is 39.7 Å². The van der Waals surface area contributed by atoms with E-state index in [0.29, 0.717) is 11.3 Å². The molecule has 0 amide bonds. The van der Waals surface area contributed by atoms with Crippen LogP contribution in [0.3, 0.4) is 0 Å². The van der Waals surface area contributed by atoms with Gasteiger partial charge in [-0.25, -0.2) is 0 Å². The Morgan fingerprint density at radius 2 is 2.08 bits per heavy atom. The van der Waals surface area contributed by atoms with Crippen molar-refractivity contribution in [3.63, 3.8) is 0 Å². The smallest absolute Gasteiger partial charge is 0.0493 e. The van der Waals surface area contributed by atoms with Crippen LogP contribution >= 0.6 is 0 Å². The zero-order valence-electron chi connectivity index (χ0n) is 9.39. The van der Waals surface area contributed by atoms with Crippen LogP contribution in [0.1, 0.15) is 33.6 Å². The molecule has 0 saturated heterocycles. The molecule has 1 atom stereocenters. The van der Waals surface area contributed by atoms with E-state index in [1.54, 1.807) is 7.11 Å². The van der Waals surface area contributed by atoms with Crippen LogP contribution in [-0.4, -0.2) is 26.3 Å². The highest BCUT2D eigenvalue weighted by Gasteiger charge is 2.29. The van der Waals surface area contributed by atoms with Gasteiger partial charge >= 0.3 is 0 Å². The summed E-state index contributed by atoms with van der Waals surface area (Å²) < 4.78 is 5.18. The molecule has 1 fully saturated rings. The number of methoxy groups -OCH3 is 1. The number of hydrogen-bond acceptors (Lipinski definition) is 2. The third-order valence-electron chi connectivity index (χ3n) is 3.17. The molecule has 13 heavy (non-hydrogen) atoms. The second-order valence-electron chi connectivity index (χ2n) is 5.00. The van der Waals surface area contributed by atoms with Gasteiger partial charge in [0.25, 0.3) is 0 Å². The highest BCUT2D eigenvalue weighted by molar-refractivity contribution is 4.85. The molecule has 0 bridgehead atoms. The third kappa shape index (κ3) is 3.65. The lowest BCUT2D eigenvalue weighted by molar-refractivity contribution is 0.0906. The molecule has 1 aliphatic carbocycles. The summed E-state index contributed by atoms with van der Waals surface area (Å²) in [5.41, 5.74) is 0.346. The second-order valence-corrected chi connectivity index (χ2v) is 5.00. The lowest BCUT2D eigenvalue weighted by atomic mass is 9.80. The maximum atomic E-state index is 5.18. The van der Waals surface area contributed by atoms with E-state index in [1.165, 1.54) is 12.8 Å². The fourth-order valence-corrected chi connectivity index (χ4v) is 1.34. The Hall–Kier alpha value is -0.0800. The molecule has 1 N–H and O–H groups in total. The monoisotopic (exact) mass is 185 g/mol. The summed E-state index contributed by atoms with van der Waals surface area (Å²) in [4.78, 5) is 0. The van der Waals surface area contributed by atoms with Crippen LogP contribution in [0.15, 0.2) is 0 Å². The summed E-state index contributed by atoms with van der Waals surface area (Å²) in [6.07, 6.45) is 2.74. The molecule has 1 saturated carbocycles. The van der Waals surface area contributed by atoms with Crippen LogP contribution in [0.5, 0.6) is 0 Å². The Morgan fingerprint density at radius 3 is 2.54 bits per heavy atom. The average molecular weight is 185 g/mol. The largest absolute Gasteiger partial charge is 0.384 e. The zero-order chi connectivity index (χ0) is 9.90. The fourth-order valence-electron chi connectivity index (χ4n) is 1.34. The van der Waals surface area contributed by atoms with Crippen LogP contribution in [0, 0.1) is 11.3 Å². The highest BCUT2D eigenvalue weighted by atomic mass is 16.5. The van der Waals surface area contributed by atoms with E-state index in [-0.39, 0.29) is 0 Å². The summed E-state index contributed by atoms with van der Waals surface area (Å²) in [5, 5.41) is 3.58. The Labute approximate surface area is 82.0 Å². The second kappa shape index (κ2) is 4.43. The minimum absolute atomic E-state index is 0.346. The van der Waals surface area contributed by atoms with E-state index in [1.807, 2.05) is 0 Å². The van der Waals surface area contributed by atoms with Gasteiger partial charge in [-0.05, 0) is 24.2 Å². The fraction of sp³-hybridized carbons (Fsp3) is 1.00. The summed E-state index contributed by atoms with van der Waals surface area (Å²) in [5.74, 6) is 0.615. The number of rotatable bonds is 6. The standard InChI is InChI=1S/C11H23NO/c1-9(7-13-4)11(2,3)8-12-10-5-6-10/h9-10,12H,5-8H2,1-4H3. The molecular weight excluding hydrogens is 162 g/mol. The van der Waals surface area contributed by atoms with E-state index in [2.05, 4.69) is 26.1 Å². The number of ether oxygens (including phenoxy) is 1. The lowest BCUT2D eigenvalue weighted by Gasteiger charge is -2.31. The first kappa shape index (κ1) is 11.0.